The van der Waals surface area contributed by atoms with Gasteiger partial charge in [-0.05, 0) is 63.6 Å². The van der Waals surface area contributed by atoms with Crippen molar-refractivity contribution >= 4 is 5.91 Å². The molecule has 1 atom stereocenters. The van der Waals surface area contributed by atoms with Gasteiger partial charge < -0.3 is 9.64 Å². The minimum absolute atomic E-state index is 0.0909. The number of aromatic nitrogens is 2. The summed E-state index contributed by atoms with van der Waals surface area (Å²) in [4.78, 5) is 17.9. The Morgan fingerprint density at radius 2 is 2.00 bits per heavy atom. The predicted molar refractivity (Wildman–Crippen MR) is 99.5 cm³/mol. The zero-order valence-electron chi connectivity index (χ0n) is 16.0. The molecule has 1 aromatic heterocycles. The predicted octanol–water partition coefficient (Wildman–Crippen LogP) is 2.05. The van der Waals surface area contributed by atoms with Gasteiger partial charge in [0, 0.05) is 46.1 Å². The fourth-order valence-corrected chi connectivity index (χ4v) is 4.97. The lowest BCUT2D eigenvalue weighted by atomic mass is 9.79. The zero-order valence-corrected chi connectivity index (χ0v) is 16.0. The lowest BCUT2D eigenvalue weighted by Crippen LogP contribution is -2.39. The molecule has 4 rings (SSSR count). The molecule has 144 valence electrons. The van der Waals surface area contributed by atoms with Gasteiger partial charge in [-0.25, -0.2) is 0 Å². The summed E-state index contributed by atoms with van der Waals surface area (Å²) in [6.45, 7) is 6.66. The summed E-state index contributed by atoms with van der Waals surface area (Å²) < 4.78 is 7.42. The number of nitrogens with zero attached hydrogens (tertiary/aromatic N) is 4. The first kappa shape index (κ1) is 18.0. The van der Waals surface area contributed by atoms with E-state index >= 15 is 0 Å². The molecule has 0 saturated carbocycles. The van der Waals surface area contributed by atoms with E-state index < -0.39 is 0 Å². The van der Waals surface area contributed by atoms with Crippen molar-refractivity contribution in [2.24, 2.45) is 18.4 Å². The second-order valence-corrected chi connectivity index (χ2v) is 8.41. The highest BCUT2D eigenvalue weighted by Gasteiger charge is 2.47. The van der Waals surface area contributed by atoms with Gasteiger partial charge in [-0.1, -0.05) is 0 Å². The summed E-state index contributed by atoms with van der Waals surface area (Å²) >= 11 is 0. The van der Waals surface area contributed by atoms with Crippen molar-refractivity contribution in [2.75, 3.05) is 39.4 Å². The summed E-state index contributed by atoms with van der Waals surface area (Å²) in [5.41, 5.74) is 1.16. The Morgan fingerprint density at radius 1 is 1.19 bits per heavy atom. The first-order valence-electron chi connectivity index (χ1n) is 10.2. The van der Waals surface area contributed by atoms with Crippen LogP contribution in [0.1, 0.15) is 44.2 Å². The molecule has 4 heterocycles. The van der Waals surface area contributed by atoms with Crippen LogP contribution in [0.15, 0.2) is 12.3 Å². The second-order valence-electron chi connectivity index (χ2n) is 8.41. The Hall–Kier alpha value is -1.40. The molecular formula is C20H32N4O2. The van der Waals surface area contributed by atoms with Crippen molar-refractivity contribution < 1.29 is 9.53 Å². The van der Waals surface area contributed by atoms with Crippen molar-refractivity contribution in [1.82, 2.24) is 19.6 Å². The number of ether oxygens (including phenoxy) is 1. The number of likely N-dealkylation sites (tertiary alicyclic amines) is 2. The molecule has 3 fully saturated rings. The van der Waals surface area contributed by atoms with E-state index in [0.29, 0.717) is 11.8 Å². The van der Waals surface area contributed by atoms with Gasteiger partial charge in [-0.3, -0.25) is 14.4 Å². The highest BCUT2D eigenvalue weighted by molar-refractivity contribution is 5.84. The third-order valence-corrected chi connectivity index (χ3v) is 6.76. The van der Waals surface area contributed by atoms with Crippen LogP contribution in [0.3, 0.4) is 0 Å². The Morgan fingerprint density at radius 3 is 2.77 bits per heavy atom. The summed E-state index contributed by atoms with van der Waals surface area (Å²) in [6, 6.07) is 2.09. The quantitative estimate of drug-likeness (QED) is 0.825. The molecule has 6 nitrogen and oxygen atoms in total. The summed E-state index contributed by atoms with van der Waals surface area (Å²) in [6.07, 6.45) is 8.31. The Bertz CT molecular complexity index is 625. The van der Waals surface area contributed by atoms with Gasteiger partial charge in [-0.15, -0.1) is 0 Å². The molecule has 26 heavy (non-hydrogen) atoms. The topological polar surface area (TPSA) is 50.6 Å². The summed E-state index contributed by atoms with van der Waals surface area (Å²) in [5, 5.41) is 4.27. The van der Waals surface area contributed by atoms with E-state index in [4.69, 9.17) is 4.74 Å². The monoisotopic (exact) mass is 360 g/mol. The highest BCUT2D eigenvalue weighted by Crippen LogP contribution is 2.42. The van der Waals surface area contributed by atoms with Crippen LogP contribution < -0.4 is 0 Å². The third-order valence-electron chi connectivity index (χ3n) is 6.76. The number of carbonyl (C=O) groups is 1. The number of aryl methyl sites for hydroxylation is 1. The van der Waals surface area contributed by atoms with Crippen LogP contribution in [0.25, 0.3) is 0 Å². The van der Waals surface area contributed by atoms with Crippen molar-refractivity contribution in [3.05, 3.63) is 18.0 Å². The largest absolute Gasteiger partial charge is 0.381 e. The molecule has 1 amide bonds. The molecule has 0 aliphatic carbocycles. The lowest BCUT2D eigenvalue weighted by molar-refractivity contribution is -0.137. The third kappa shape index (κ3) is 3.67. The SMILES string of the molecule is Cn1nccc1CN1CCCC2(CC1)CCN(CC1CCOCC1)C2=O. The van der Waals surface area contributed by atoms with Gasteiger partial charge in [0.15, 0.2) is 0 Å². The van der Waals surface area contributed by atoms with E-state index in [1.807, 2.05) is 17.9 Å². The van der Waals surface area contributed by atoms with Crippen LogP contribution in [-0.2, 0) is 23.1 Å². The van der Waals surface area contributed by atoms with Gasteiger partial charge in [-0.2, -0.15) is 5.10 Å². The average Bonchev–Trinajstić information content (AvgIpc) is 3.10. The van der Waals surface area contributed by atoms with E-state index in [9.17, 15) is 4.79 Å². The van der Waals surface area contributed by atoms with Gasteiger partial charge in [0.1, 0.15) is 0 Å². The number of amides is 1. The molecule has 3 aliphatic rings. The maximum Gasteiger partial charge on any atom is 0.228 e. The molecule has 0 bridgehead atoms. The fourth-order valence-electron chi connectivity index (χ4n) is 4.97. The van der Waals surface area contributed by atoms with Gasteiger partial charge in [0.2, 0.25) is 5.91 Å². The Balaban J connectivity index is 1.35. The molecular weight excluding hydrogens is 328 g/mol. The van der Waals surface area contributed by atoms with Crippen LogP contribution in [0.5, 0.6) is 0 Å². The van der Waals surface area contributed by atoms with Crippen molar-refractivity contribution in [3.63, 3.8) is 0 Å². The number of hydrogen-bond acceptors (Lipinski definition) is 4. The van der Waals surface area contributed by atoms with Crippen LogP contribution in [-0.4, -0.2) is 64.9 Å². The van der Waals surface area contributed by atoms with E-state index in [1.165, 1.54) is 5.69 Å². The van der Waals surface area contributed by atoms with E-state index in [0.717, 1.165) is 84.5 Å². The zero-order chi connectivity index (χ0) is 18.0. The minimum atomic E-state index is -0.0909. The van der Waals surface area contributed by atoms with Crippen LogP contribution >= 0.6 is 0 Å². The molecule has 1 spiro atoms. The molecule has 6 heteroatoms. The molecule has 3 aliphatic heterocycles. The number of hydrogen-bond donors (Lipinski definition) is 0. The summed E-state index contributed by atoms with van der Waals surface area (Å²) in [5.74, 6) is 1.07. The van der Waals surface area contributed by atoms with Gasteiger partial charge in [0.05, 0.1) is 11.1 Å². The first-order valence-corrected chi connectivity index (χ1v) is 10.2. The fraction of sp³-hybridized carbons (Fsp3) is 0.800. The van der Waals surface area contributed by atoms with Crippen molar-refractivity contribution in [2.45, 2.75) is 45.1 Å². The van der Waals surface area contributed by atoms with Crippen molar-refractivity contribution in [1.29, 1.82) is 0 Å². The smallest absolute Gasteiger partial charge is 0.228 e. The minimum Gasteiger partial charge on any atom is -0.381 e. The number of carbonyl (C=O) groups excluding carboxylic acids is 1. The molecule has 1 unspecified atom stereocenters. The van der Waals surface area contributed by atoms with Crippen LogP contribution in [0.4, 0.5) is 0 Å². The Labute approximate surface area is 156 Å². The average molecular weight is 361 g/mol. The van der Waals surface area contributed by atoms with Gasteiger partial charge in [0.25, 0.3) is 0 Å². The van der Waals surface area contributed by atoms with E-state index in [-0.39, 0.29) is 5.41 Å². The van der Waals surface area contributed by atoms with Crippen molar-refractivity contribution in [3.8, 4) is 0 Å². The van der Waals surface area contributed by atoms with Gasteiger partial charge >= 0.3 is 0 Å². The molecule has 0 N–H and O–H groups in total. The number of rotatable bonds is 4. The maximum atomic E-state index is 13.2. The second kappa shape index (κ2) is 7.69. The Kier molecular flexibility index (Phi) is 5.32. The summed E-state index contributed by atoms with van der Waals surface area (Å²) in [7, 11) is 2.00. The molecule has 1 aromatic rings. The lowest BCUT2D eigenvalue weighted by Gasteiger charge is -2.30. The maximum absolute atomic E-state index is 13.2. The normalized spacial score (nSPS) is 28.8. The molecule has 0 radical (unpaired) electrons. The standard InChI is InChI=1S/C20H32N4O2/c1-22-18(3-9-21-22)16-23-10-2-6-20(7-11-23)8-12-24(19(20)25)15-17-4-13-26-14-5-17/h3,9,17H,2,4-8,10-16H2,1H3. The van der Waals surface area contributed by atoms with E-state index in [1.54, 1.807) is 0 Å². The van der Waals surface area contributed by atoms with E-state index in [2.05, 4.69) is 21.0 Å². The molecule has 3 saturated heterocycles. The van der Waals surface area contributed by atoms with Crippen LogP contribution in [0, 0.1) is 11.3 Å². The first-order chi connectivity index (χ1) is 12.7. The van der Waals surface area contributed by atoms with Crippen LogP contribution in [0.2, 0.25) is 0 Å². The highest BCUT2D eigenvalue weighted by atomic mass is 16.5. The molecule has 0 aromatic carbocycles.